The number of ether oxygens (including phenoxy) is 1. The van der Waals surface area contributed by atoms with Gasteiger partial charge in [-0.3, -0.25) is 14.5 Å². The maximum atomic E-state index is 12.9. The quantitative estimate of drug-likeness (QED) is 0.816. The Morgan fingerprint density at radius 2 is 2.15 bits per heavy atom. The molecule has 0 spiro atoms. The van der Waals surface area contributed by atoms with E-state index in [2.05, 4.69) is 10.1 Å². The number of methoxy groups -OCH3 is 1. The van der Waals surface area contributed by atoms with Crippen LogP contribution < -0.4 is 5.32 Å². The molecule has 5 nitrogen and oxygen atoms in total. The number of rotatable bonds is 6. The van der Waals surface area contributed by atoms with Crippen molar-refractivity contribution in [1.82, 2.24) is 4.90 Å². The van der Waals surface area contributed by atoms with E-state index in [0.29, 0.717) is 12.2 Å². The molecule has 1 rings (SSSR count). The Bertz CT molecular complexity index is 497. The van der Waals surface area contributed by atoms with Crippen LogP contribution in [0.5, 0.6) is 0 Å². The third-order valence-corrected chi connectivity index (χ3v) is 2.86. The van der Waals surface area contributed by atoms with Crippen LogP contribution in [0.2, 0.25) is 5.02 Å². The number of nitrogens with one attached hydrogen (secondary N) is 1. The van der Waals surface area contributed by atoms with Crippen molar-refractivity contribution in [2.24, 2.45) is 0 Å². The molecule has 0 aromatic heterocycles. The lowest BCUT2D eigenvalue weighted by atomic mass is 10.3. The van der Waals surface area contributed by atoms with E-state index in [4.69, 9.17) is 11.6 Å². The number of carbonyl (C=O) groups excluding carboxylic acids is 2. The molecule has 0 fully saturated rings. The van der Waals surface area contributed by atoms with E-state index in [9.17, 15) is 14.0 Å². The number of hydrogen-bond donors (Lipinski definition) is 1. The molecule has 0 heterocycles. The molecule has 0 bridgehead atoms. The maximum Gasteiger partial charge on any atom is 0.306 e. The molecule has 0 saturated heterocycles. The minimum atomic E-state index is -0.469. The largest absolute Gasteiger partial charge is 0.469 e. The zero-order chi connectivity index (χ0) is 15.1. The summed E-state index contributed by atoms with van der Waals surface area (Å²) in [5.74, 6) is -1.10. The Hall–Kier alpha value is -1.66. The predicted molar refractivity (Wildman–Crippen MR) is 74.2 cm³/mol. The van der Waals surface area contributed by atoms with E-state index in [1.807, 2.05) is 0 Å². The molecular weight excluding hydrogens is 287 g/mol. The van der Waals surface area contributed by atoms with E-state index in [1.165, 1.54) is 19.2 Å². The number of esters is 1. The zero-order valence-corrected chi connectivity index (χ0v) is 12.0. The number of amides is 1. The van der Waals surface area contributed by atoms with Gasteiger partial charge in [-0.25, -0.2) is 4.39 Å². The van der Waals surface area contributed by atoms with Crippen molar-refractivity contribution in [2.45, 2.75) is 6.42 Å². The van der Waals surface area contributed by atoms with Crippen LogP contribution in [0.1, 0.15) is 6.42 Å². The van der Waals surface area contributed by atoms with Crippen LogP contribution >= 0.6 is 11.6 Å². The molecule has 0 atom stereocenters. The minimum absolute atomic E-state index is 0.0880. The molecule has 0 aliphatic rings. The average Bonchev–Trinajstić information content (AvgIpc) is 2.39. The Labute approximate surface area is 121 Å². The number of carbonyl (C=O) groups is 2. The fourth-order valence-electron chi connectivity index (χ4n) is 1.49. The highest BCUT2D eigenvalue weighted by Crippen LogP contribution is 2.22. The van der Waals surface area contributed by atoms with Crippen molar-refractivity contribution in [2.75, 3.05) is 32.6 Å². The molecule has 0 aliphatic carbocycles. The molecule has 1 aromatic carbocycles. The Morgan fingerprint density at radius 3 is 2.75 bits per heavy atom. The van der Waals surface area contributed by atoms with Crippen molar-refractivity contribution in [3.8, 4) is 0 Å². The number of halogens is 2. The van der Waals surface area contributed by atoms with Crippen LogP contribution in [0.3, 0.4) is 0 Å². The number of anilines is 1. The van der Waals surface area contributed by atoms with Crippen LogP contribution in [0.15, 0.2) is 18.2 Å². The smallest absolute Gasteiger partial charge is 0.306 e. The van der Waals surface area contributed by atoms with Crippen molar-refractivity contribution in [3.05, 3.63) is 29.0 Å². The van der Waals surface area contributed by atoms with Gasteiger partial charge in [0, 0.05) is 6.54 Å². The summed E-state index contributed by atoms with van der Waals surface area (Å²) in [4.78, 5) is 24.4. The number of benzene rings is 1. The molecule has 0 unspecified atom stereocenters. The monoisotopic (exact) mass is 302 g/mol. The lowest BCUT2D eigenvalue weighted by Gasteiger charge is -2.15. The molecule has 1 N–H and O–H groups in total. The molecular formula is C13H16ClFN2O3. The highest BCUT2D eigenvalue weighted by atomic mass is 35.5. The third kappa shape index (κ3) is 5.54. The Morgan fingerprint density at radius 1 is 1.45 bits per heavy atom. The Kier molecular flexibility index (Phi) is 6.41. The molecule has 0 radical (unpaired) electrons. The summed E-state index contributed by atoms with van der Waals surface area (Å²) in [5, 5.41) is 2.71. The summed E-state index contributed by atoms with van der Waals surface area (Å²) in [6.07, 6.45) is 0.206. The van der Waals surface area contributed by atoms with Gasteiger partial charge in [-0.2, -0.15) is 0 Å². The van der Waals surface area contributed by atoms with Crippen LogP contribution in [0, 0.1) is 5.82 Å². The number of hydrogen-bond acceptors (Lipinski definition) is 4. The number of nitrogens with zero attached hydrogens (tertiary/aromatic N) is 1. The summed E-state index contributed by atoms with van der Waals surface area (Å²) in [7, 11) is 3.01. The van der Waals surface area contributed by atoms with Crippen LogP contribution in [0.25, 0.3) is 0 Å². The second kappa shape index (κ2) is 7.81. The van der Waals surface area contributed by atoms with Crippen molar-refractivity contribution in [3.63, 3.8) is 0 Å². The van der Waals surface area contributed by atoms with Crippen molar-refractivity contribution in [1.29, 1.82) is 0 Å². The summed E-state index contributed by atoms with van der Waals surface area (Å²) >= 11 is 5.80. The average molecular weight is 303 g/mol. The van der Waals surface area contributed by atoms with Crippen LogP contribution in [-0.4, -0.2) is 44.0 Å². The van der Waals surface area contributed by atoms with Gasteiger partial charge in [0.15, 0.2) is 0 Å². The molecule has 0 aliphatic heterocycles. The van der Waals surface area contributed by atoms with Gasteiger partial charge in [0.25, 0.3) is 0 Å². The van der Waals surface area contributed by atoms with Gasteiger partial charge < -0.3 is 10.1 Å². The third-order valence-electron chi connectivity index (χ3n) is 2.54. The van der Waals surface area contributed by atoms with E-state index in [0.717, 1.165) is 6.07 Å². The summed E-state index contributed by atoms with van der Waals surface area (Å²) in [5.41, 5.74) is 0.347. The lowest BCUT2D eigenvalue weighted by molar-refractivity contribution is -0.141. The Balaban J connectivity index is 2.45. The summed E-state index contributed by atoms with van der Waals surface area (Å²) in [6.45, 7) is 0.488. The van der Waals surface area contributed by atoms with Gasteiger partial charge in [0.05, 0.1) is 30.8 Å². The molecule has 110 valence electrons. The molecule has 1 aromatic rings. The van der Waals surface area contributed by atoms with Gasteiger partial charge in [-0.1, -0.05) is 11.6 Å². The van der Waals surface area contributed by atoms with E-state index >= 15 is 0 Å². The van der Waals surface area contributed by atoms with E-state index in [1.54, 1.807) is 11.9 Å². The van der Waals surface area contributed by atoms with Crippen molar-refractivity contribution < 1.29 is 18.7 Å². The fraction of sp³-hybridized carbons (Fsp3) is 0.385. The van der Waals surface area contributed by atoms with Gasteiger partial charge in [-0.05, 0) is 25.2 Å². The minimum Gasteiger partial charge on any atom is -0.469 e. The lowest BCUT2D eigenvalue weighted by Crippen LogP contribution is -2.32. The topological polar surface area (TPSA) is 58.6 Å². The maximum absolute atomic E-state index is 12.9. The molecule has 0 saturated carbocycles. The normalized spacial score (nSPS) is 10.4. The molecule has 20 heavy (non-hydrogen) atoms. The first-order valence-electron chi connectivity index (χ1n) is 5.92. The van der Waals surface area contributed by atoms with Crippen molar-refractivity contribution >= 4 is 29.2 Å². The molecule has 1 amide bonds. The second-order valence-electron chi connectivity index (χ2n) is 4.24. The summed E-state index contributed by atoms with van der Waals surface area (Å²) < 4.78 is 17.4. The first kappa shape index (κ1) is 16.4. The highest BCUT2D eigenvalue weighted by molar-refractivity contribution is 6.33. The van der Waals surface area contributed by atoms with E-state index in [-0.39, 0.29) is 29.9 Å². The zero-order valence-electron chi connectivity index (χ0n) is 11.3. The fourth-order valence-corrected chi connectivity index (χ4v) is 1.70. The summed E-state index contributed by atoms with van der Waals surface area (Å²) in [6, 6.07) is 3.73. The standard InChI is InChI=1S/C13H16ClFN2O3/c1-17(6-5-13(19)20-2)8-12(18)16-11-4-3-9(15)7-10(11)14/h3-4,7H,5-6,8H2,1-2H3,(H,16,18). The molecule has 7 heteroatoms. The van der Waals surface area contributed by atoms with Gasteiger partial charge in [0.2, 0.25) is 5.91 Å². The van der Waals surface area contributed by atoms with E-state index < -0.39 is 5.82 Å². The predicted octanol–water partition coefficient (Wildman–Crippen LogP) is 1.91. The SMILES string of the molecule is COC(=O)CCN(C)CC(=O)Nc1ccc(F)cc1Cl. The van der Waals surface area contributed by atoms with Gasteiger partial charge >= 0.3 is 5.97 Å². The van der Waals surface area contributed by atoms with Crippen LogP contribution in [0.4, 0.5) is 10.1 Å². The van der Waals surface area contributed by atoms with Gasteiger partial charge in [0.1, 0.15) is 5.82 Å². The first-order valence-corrected chi connectivity index (χ1v) is 6.30. The van der Waals surface area contributed by atoms with Crippen LogP contribution in [-0.2, 0) is 14.3 Å². The second-order valence-corrected chi connectivity index (χ2v) is 4.64. The number of likely N-dealkylation sites (N-methyl/N-ethyl adjacent to an activating group) is 1. The van der Waals surface area contributed by atoms with Gasteiger partial charge in [-0.15, -0.1) is 0 Å². The first-order chi connectivity index (χ1) is 9.42. The highest BCUT2D eigenvalue weighted by Gasteiger charge is 2.11.